The molecule has 0 aliphatic carbocycles. The maximum Gasteiger partial charge on any atom is 0.327 e. The summed E-state index contributed by atoms with van der Waals surface area (Å²) >= 11 is 0. The van der Waals surface area contributed by atoms with Crippen LogP contribution in [0.3, 0.4) is 0 Å². The van der Waals surface area contributed by atoms with E-state index in [4.69, 9.17) is 19.0 Å². The smallest absolute Gasteiger partial charge is 0.327 e. The van der Waals surface area contributed by atoms with Crippen molar-refractivity contribution in [2.75, 3.05) is 19.1 Å². The number of anilines is 1. The van der Waals surface area contributed by atoms with Gasteiger partial charge in [-0.3, -0.25) is 4.90 Å². The van der Waals surface area contributed by atoms with Crippen LogP contribution >= 0.6 is 0 Å². The molecule has 0 saturated heterocycles. The molecule has 0 spiro atoms. The molecule has 1 aromatic heterocycles. The number of urea groups is 1. The van der Waals surface area contributed by atoms with E-state index in [-0.39, 0.29) is 6.03 Å². The number of carbonyl (C=O) groups is 1. The lowest BCUT2D eigenvalue weighted by atomic mass is 9.94. The third-order valence-corrected chi connectivity index (χ3v) is 5.91. The molecule has 1 N–H and O–H groups in total. The van der Waals surface area contributed by atoms with Gasteiger partial charge in [0.05, 0.1) is 31.5 Å². The van der Waals surface area contributed by atoms with Crippen molar-refractivity contribution in [1.82, 2.24) is 15.5 Å². The lowest BCUT2D eigenvalue weighted by Gasteiger charge is -2.35. The summed E-state index contributed by atoms with van der Waals surface area (Å²) in [5, 5.41) is 7.31. The van der Waals surface area contributed by atoms with Crippen LogP contribution in [0.15, 0.2) is 89.1 Å². The largest absolute Gasteiger partial charge is 0.497 e. The number of allylic oxidation sites excluding steroid dienone is 1. The second-order valence-corrected chi connectivity index (χ2v) is 7.98. The second kappa shape index (κ2) is 9.34. The van der Waals surface area contributed by atoms with Crippen LogP contribution in [0.4, 0.5) is 10.5 Å². The number of aromatic nitrogens is 2. The average Bonchev–Trinajstić information content (AvgIpc) is 3.39. The van der Waals surface area contributed by atoms with Crippen molar-refractivity contribution in [2.24, 2.45) is 0 Å². The molecular formula is C27H24N4O4. The van der Waals surface area contributed by atoms with Crippen molar-refractivity contribution in [3.05, 3.63) is 96.0 Å². The van der Waals surface area contributed by atoms with E-state index in [0.717, 1.165) is 11.1 Å². The number of ether oxygens (including phenoxy) is 2. The predicted octanol–water partition coefficient (Wildman–Crippen LogP) is 5.46. The molecule has 35 heavy (non-hydrogen) atoms. The lowest BCUT2D eigenvalue weighted by molar-refractivity contribution is 0.244. The molecular weight excluding hydrogens is 444 g/mol. The summed E-state index contributed by atoms with van der Waals surface area (Å²) in [6.07, 6.45) is 0. The van der Waals surface area contributed by atoms with Crippen LogP contribution in [0.2, 0.25) is 0 Å². The Bertz CT molecular complexity index is 1400. The normalized spacial score (nSPS) is 15.7. The number of nitrogens with one attached hydrogen (secondary N) is 1. The van der Waals surface area contributed by atoms with Gasteiger partial charge in [-0.25, -0.2) is 4.79 Å². The molecule has 8 nitrogen and oxygen atoms in total. The minimum atomic E-state index is -0.525. The molecule has 0 bridgehead atoms. The summed E-state index contributed by atoms with van der Waals surface area (Å²) < 4.78 is 16.5. The van der Waals surface area contributed by atoms with E-state index in [0.29, 0.717) is 40.2 Å². The van der Waals surface area contributed by atoms with E-state index in [9.17, 15) is 4.79 Å². The van der Waals surface area contributed by atoms with E-state index in [1.807, 2.05) is 79.7 Å². The van der Waals surface area contributed by atoms with Crippen molar-refractivity contribution in [3.8, 4) is 22.9 Å². The van der Waals surface area contributed by atoms with Gasteiger partial charge in [0.25, 0.3) is 5.89 Å². The van der Waals surface area contributed by atoms with Crippen LogP contribution in [0.1, 0.15) is 24.4 Å². The van der Waals surface area contributed by atoms with Crippen LogP contribution in [0.25, 0.3) is 17.0 Å². The molecule has 0 radical (unpaired) electrons. The fourth-order valence-electron chi connectivity index (χ4n) is 4.19. The van der Waals surface area contributed by atoms with Crippen molar-refractivity contribution >= 4 is 17.3 Å². The van der Waals surface area contributed by atoms with Crippen LogP contribution in [-0.2, 0) is 0 Å². The monoisotopic (exact) mass is 468 g/mol. The Kier molecular flexibility index (Phi) is 5.93. The number of hydrogen-bond acceptors (Lipinski definition) is 6. The molecule has 2 amide bonds. The van der Waals surface area contributed by atoms with Gasteiger partial charge in [-0.05, 0) is 36.8 Å². The zero-order valence-corrected chi connectivity index (χ0v) is 19.6. The zero-order valence-electron chi connectivity index (χ0n) is 19.6. The first-order chi connectivity index (χ1) is 17.1. The Morgan fingerprint density at radius 1 is 0.914 bits per heavy atom. The summed E-state index contributed by atoms with van der Waals surface area (Å²) in [6, 6.07) is 23.6. The topological polar surface area (TPSA) is 89.7 Å². The van der Waals surface area contributed by atoms with Gasteiger partial charge >= 0.3 is 6.03 Å². The number of benzene rings is 3. The molecule has 0 saturated carbocycles. The minimum absolute atomic E-state index is 0.282. The molecule has 176 valence electrons. The predicted molar refractivity (Wildman–Crippen MR) is 132 cm³/mol. The highest BCUT2D eigenvalue weighted by molar-refractivity contribution is 6.01. The quantitative estimate of drug-likeness (QED) is 0.404. The van der Waals surface area contributed by atoms with E-state index in [2.05, 4.69) is 10.5 Å². The Labute approximate surface area is 202 Å². The Hall–Kier alpha value is -4.59. The number of carbonyl (C=O) groups excluding carboxylic acids is 1. The molecule has 8 heteroatoms. The highest BCUT2D eigenvalue weighted by atomic mass is 16.5. The number of amides is 2. The van der Waals surface area contributed by atoms with Gasteiger partial charge in [-0.1, -0.05) is 53.7 Å². The number of nitrogens with zero attached hydrogens (tertiary/aromatic N) is 3. The number of hydrogen-bond donors (Lipinski definition) is 1. The molecule has 1 aliphatic rings. The lowest BCUT2D eigenvalue weighted by Crippen LogP contribution is -2.46. The fraction of sp³-hybridized carbons (Fsp3) is 0.148. The highest BCUT2D eigenvalue weighted by Gasteiger charge is 2.36. The van der Waals surface area contributed by atoms with Crippen molar-refractivity contribution < 1.29 is 18.8 Å². The second-order valence-electron chi connectivity index (χ2n) is 7.98. The third kappa shape index (κ3) is 4.21. The van der Waals surface area contributed by atoms with Crippen molar-refractivity contribution in [3.63, 3.8) is 0 Å². The maximum atomic E-state index is 13.4. The molecule has 0 fully saturated rings. The fourth-order valence-corrected chi connectivity index (χ4v) is 4.19. The van der Waals surface area contributed by atoms with E-state index < -0.39 is 6.04 Å². The summed E-state index contributed by atoms with van der Waals surface area (Å²) in [5.41, 5.74) is 3.68. The summed E-state index contributed by atoms with van der Waals surface area (Å²) in [4.78, 5) is 19.7. The summed E-state index contributed by atoms with van der Waals surface area (Å²) in [6.45, 7) is 1.87. The molecule has 5 rings (SSSR count). The molecule has 1 aliphatic heterocycles. The van der Waals surface area contributed by atoms with Gasteiger partial charge in [-0.2, -0.15) is 4.98 Å². The van der Waals surface area contributed by atoms with E-state index in [1.165, 1.54) is 0 Å². The molecule has 1 atom stereocenters. The van der Waals surface area contributed by atoms with E-state index in [1.54, 1.807) is 25.2 Å². The minimum Gasteiger partial charge on any atom is -0.497 e. The molecule has 1 unspecified atom stereocenters. The number of rotatable bonds is 6. The van der Waals surface area contributed by atoms with Crippen molar-refractivity contribution in [1.29, 1.82) is 0 Å². The van der Waals surface area contributed by atoms with Gasteiger partial charge < -0.3 is 19.3 Å². The molecule has 4 aromatic rings. The van der Waals surface area contributed by atoms with Crippen LogP contribution < -0.4 is 19.7 Å². The number of methoxy groups -OCH3 is 2. The van der Waals surface area contributed by atoms with Crippen LogP contribution in [-0.4, -0.2) is 30.4 Å². The first-order valence-electron chi connectivity index (χ1n) is 11.1. The van der Waals surface area contributed by atoms with Gasteiger partial charge in [0, 0.05) is 17.3 Å². The SMILES string of the molecule is COc1cccc(C2NC(=O)N(c3cccc(OC)c3)C(C)=C2c2nc(-c3ccccc3)no2)c1. The zero-order chi connectivity index (χ0) is 24.4. The Morgan fingerprint density at radius 3 is 2.37 bits per heavy atom. The van der Waals surface area contributed by atoms with Crippen molar-refractivity contribution in [2.45, 2.75) is 13.0 Å². The Balaban J connectivity index is 1.67. The van der Waals surface area contributed by atoms with Gasteiger partial charge in [0.2, 0.25) is 5.82 Å². The third-order valence-electron chi connectivity index (χ3n) is 5.91. The standard InChI is InChI=1S/C27H24N4O4/c1-17-23(26-29-25(30-35-26)18-9-5-4-6-10-18)24(19-11-7-13-21(15-19)33-2)28-27(32)31(17)20-12-8-14-22(16-20)34-3/h4-16,24H,1-3H3,(H,28,32). The average molecular weight is 469 g/mol. The first kappa shape index (κ1) is 22.2. The molecule has 3 aromatic carbocycles. The summed E-state index contributed by atoms with van der Waals surface area (Å²) in [7, 11) is 3.20. The maximum absolute atomic E-state index is 13.4. The van der Waals surface area contributed by atoms with Crippen LogP contribution in [0, 0.1) is 0 Å². The first-order valence-corrected chi connectivity index (χ1v) is 11.1. The summed E-state index contributed by atoms with van der Waals surface area (Å²) in [5.74, 6) is 2.11. The van der Waals surface area contributed by atoms with Gasteiger partial charge in [0.1, 0.15) is 11.5 Å². The highest BCUT2D eigenvalue weighted by Crippen LogP contribution is 2.40. The molecule has 2 heterocycles. The van der Waals surface area contributed by atoms with Crippen LogP contribution in [0.5, 0.6) is 11.5 Å². The van der Waals surface area contributed by atoms with Gasteiger partial charge in [-0.15, -0.1) is 0 Å². The Morgan fingerprint density at radius 2 is 1.63 bits per heavy atom. The van der Waals surface area contributed by atoms with Gasteiger partial charge in [0.15, 0.2) is 0 Å². The van der Waals surface area contributed by atoms with E-state index >= 15 is 0 Å².